The maximum absolute atomic E-state index is 10.4. The van der Waals surface area contributed by atoms with Crippen LogP contribution in [0.4, 0.5) is 0 Å². The van der Waals surface area contributed by atoms with Crippen molar-refractivity contribution in [3.05, 3.63) is 35.4 Å². The van der Waals surface area contributed by atoms with Crippen LogP contribution in [-0.4, -0.2) is 13.2 Å². The number of methoxy groups -OCH3 is 1. The molecule has 0 aliphatic heterocycles. The smallest absolute Gasteiger partial charge is 0.235 e. The fourth-order valence-corrected chi connectivity index (χ4v) is 1.89. The first kappa shape index (κ1) is 11.1. The quantitative estimate of drug-likeness (QED) is 0.574. The summed E-state index contributed by atoms with van der Waals surface area (Å²) in [4.78, 5) is 14.3. The van der Waals surface area contributed by atoms with Crippen LogP contribution in [0.1, 0.15) is 37.0 Å². The van der Waals surface area contributed by atoms with Crippen LogP contribution in [0.2, 0.25) is 0 Å². The van der Waals surface area contributed by atoms with Crippen molar-refractivity contribution in [1.82, 2.24) is 0 Å². The number of hydrogen-bond donors (Lipinski definition) is 0. The number of aliphatic imine (C=N–C) groups is 1. The van der Waals surface area contributed by atoms with Crippen LogP contribution in [0, 0.1) is 0 Å². The van der Waals surface area contributed by atoms with E-state index in [1.165, 1.54) is 0 Å². The van der Waals surface area contributed by atoms with E-state index in [9.17, 15) is 4.79 Å². The van der Waals surface area contributed by atoms with Gasteiger partial charge in [0.25, 0.3) is 0 Å². The molecule has 0 radical (unpaired) electrons. The maximum atomic E-state index is 10.4. The molecule has 1 aliphatic rings. The Morgan fingerprint density at radius 1 is 1.50 bits per heavy atom. The number of isocyanates is 1. The molecule has 0 aromatic heterocycles. The first-order chi connectivity index (χ1) is 7.72. The third-order valence-electron chi connectivity index (χ3n) is 3.23. The summed E-state index contributed by atoms with van der Waals surface area (Å²) < 4.78 is 5.28. The number of rotatable bonds is 4. The van der Waals surface area contributed by atoms with Crippen molar-refractivity contribution < 1.29 is 9.53 Å². The summed E-state index contributed by atoms with van der Waals surface area (Å²) in [5.74, 6) is 0. The molecular formula is C13H15NO2. The van der Waals surface area contributed by atoms with Gasteiger partial charge in [-0.2, -0.15) is 4.99 Å². The summed E-state index contributed by atoms with van der Waals surface area (Å²) in [5, 5.41) is 0. The van der Waals surface area contributed by atoms with Crippen molar-refractivity contribution in [2.24, 2.45) is 4.99 Å². The van der Waals surface area contributed by atoms with Gasteiger partial charge in [-0.25, -0.2) is 4.79 Å². The van der Waals surface area contributed by atoms with E-state index in [2.05, 4.69) is 11.1 Å². The molecule has 84 valence electrons. The third kappa shape index (κ3) is 1.92. The van der Waals surface area contributed by atoms with Gasteiger partial charge in [-0.05, 0) is 30.9 Å². The highest BCUT2D eigenvalue weighted by Crippen LogP contribution is 2.49. The molecule has 2 rings (SSSR count). The summed E-state index contributed by atoms with van der Waals surface area (Å²) >= 11 is 0. The summed E-state index contributed by atoms with van der Waals surface area (Å²) in [6, 6.07) is 8.10. The maximum Gasteiger partial charge on any atom is 0.235 e. The monoisotopic (exact) mass is 217 g/mol. The fraction of sp³-hybridized carbons (Fsp3) is 0.462. The first-order valence-corrected chi connectivity index (χ1v) is 5.44. The van der Waals surface area contributed by atoms with Crippen LogP contribution >= 0.6 is 0 Å². The highest BCUT2D eigenvalue weighted by Gasteiger charge is 2.44. The van der Waals surface area contributed by atoms with Crippen LogP contribution in [0.15, 0.2) is 29.3 Å². The number of nitrogens with zero attached hydrogens (tertiary/aromatic N) is 1. The topological polar surface area (TPSA) is 38.7 Å². The molecule has 0 bridgehead atoms. The van der Waals surface area contributed by atoms with E-state index in [0.717, 1.165) is 24.0 Å². The Hall–Kier alpha value is -1.44. The third-order valence-corrected chi connectivity index (χ3v) is 3.23. The summed E-state index contributed by atoms with van der Waals surface area (Å²) in [6.45, 7) is 2.00. The van der Waals surface area contributed by atoms with Crippen LogP contribution in [0.25, 0.3) is 0 Å². The second-order valence-corrected chi connectivity index (χ2v) is 4.24. The molecule has 1 atom stereocenters. The second-order valence-electron chi connectivity index (χ2n) is 4.24. The molecule has 0 N–H and O–H groups in total. The largest absolute Gasteiger partial charge is 0.377 e. The molecule has 1 saturated carbocycles. The lowest BCUT2D eigenvalue weighted by Gasteiger charge is -2.13. The van der Waals surface area contributed by atoms with Crippen molar-refractivity contribution in [2.45, 2.75) is 31.4 Å². The molecule has 1 aliphatic carbocycles. The van der Waals surface area contributed by atoms with Crippen molar-refractivity contribution in [3.8, 4) is 0 Å². The molecule has 0 heterocycles. The van der Waals surface area contributed by atoms with E-state index in [0.29, 0.717) is 0 Å². The van der Waals surface area contributed by atoms with E-state index in [1.54, 1.807) is 13.2 Å². The Morgan fingerprint density at radius 2 is 2.25 bits per heavy atom. The Labute approximate surface area is 95.2 Å². The summed E-state index contributed by atoms with van der Waals surface area (Å²) in [5.41, 5.74) is 1.93. The van der Waals surface area contributed by atoms with E-state index in [4.69, 9.17) is 4.74 Å². The standard InChI is InChI=1S/C13H15NO2/c1-10(16-2)11-4-3-5-12(8-11)13(6-7-13)14-9-15/h3-5,8,10H,6-7H2,1-2H3. The van der Waals surface area contributed by atoms with Gasteiger partial charge < -0.3 is 4.74 Å². The van der Waals surface area contributed by atoms with Gasteiger partial charge in [0.05, 0.1) is 11.6 Å². The predicted molar refractivity (Wildman–Crippen MR) is 60.9 cm³/mol. The second kappa shape index (κ2) is 4.20. The highest BCUT2D eigenvalue weighted by molar-refractivity contribution is 5.42. The SMILES string of the molecule is COC(C)c1cccc(C2(N=C=O)CC2)c1. The molecule has 16 heavy (non-hydrogen) atoms. The molecular weight excluding hydrogens is 202 g/mol. The lowest BCUT2D eigenvalue weighted by Crippen LogP contribution is -2.04. The average Bonchev–Trinajstić information content (AvgIpc) is 3.10. The van der Waals surface area contributed by atoms with E-state index < -0.39 is 0 Å². The first-order valence-electron chi connectivity index (χ1n) is 5.44. The minimum absolute atomic E-state index is 0.0657. The van der Waals surface area contributed by atoms with Crippen molar-refractivity contribution in [1.29, 1.82) is 0 Å². The van der Waals surface area contributed by atoms with E-state index in [-0.39, 0.29) is 11.6 Å². The molecule has 1 aromatic rings. The zero-order chi connectivity index (χ0) is 11.6. The molecule has 1 fully saturated rings. The minimum atomic E-state index is -0.286. The van der Waals surface area contributed by atoms with Crippen molar-refractivity contribution in [2.75, 3.05) is 7.11 Å². The Morgan fingerprint density at radius 3 is 2.81 bits per heavy atom. The number of benzene rings is 1. The van der Waals surface area contributed by atoms with Crippen LogP contribution < -0.4 is 0 Å². The zero-order valence-electron chi connectivity index (χ0n) is 9.56. The predicted octanol–water partition coefficient (Wildman–Crippen LogP) is 2.72. The normalized spacial score (nSPS) is 18.6. The molecule has 3 nitrogen and oxygen atoms in total. The Balaban J connectivity index is 2.33. The molecule has 0 amide bonds. The van der Waals surface area contributed by atoms with Gasteiger partial charge >= 0.3 is 0 Å². The number of ether oxygens (including phenoxy) is 1. The van der Waals surface area contributed by atoms with Crippen molar-refractivity contribution >= 4 is 6.08 Å². The van der Waals surface area contributed by atoms with Crippen molar-refractivity contribution in [3.63, 3.8) is 0 Å². The van der Waals surface area contributed by atoms with Gasteiger partial charge in [0.2, 0.25) is 6.08 Å². The van der Waals surface area contributed by atoms with Gasteiger partial charge in [0.1, 0.15) is 0 Å². The lowest BCUT2D eigenvalue weighted by molar-refractivity contribution is 0.119. The van der Waals surface area contributed by atoms with Gasteiger partial charge in [0, 0.05) is 7.11 Å². The number of carbonyl (C=O) groups excluding carboxylic acids is 1. The molecule has 0 saturated heterocycles. The highest BCUT2D eigenvalue weighted by atomic mass is 16.5. The van der Waals surface area contributed by atoms with E-state index in [1.807, 2.05) is 25.1 Å². The lowest BCUT2D eigenvalue weighted by atomic mass is 10.0. The zero-order valence-corrected chi connectivity index (χ0v) is 9.56. The molecule has 1 unspecified atom stereocenters. The average molecular weight is 217 g/mol. The number of hydrogen-bond acceptors (Lipinski definition) is 3. The van der Waals surface area contributed by atoms with E-state index >= 15 is 0 Å². The minimum Gasteiger partial charge on any atom is -0.377 e. The summed E-state index contributed by atoms with van der Waals surface area (Å²) in [6.07, 6.45) is 3.62. The molecule has 0 spiro atoms. The fourth-order valence-electron chi connectivity index (χ4n) is 1.89. The molecule has 1 aromatic carbocycles. The summed E-state index contributed by atoms with van der Waals surface area (Å²) in [7, 11) is 1.69. The van der Waals surface area contributed by atoms with Gasteiger partial charge in [-0.3, -0.25) is 0 Å². The molecule has 3 heteroatoms. The van der Waals surface area contributed by atoms with Crippen LogP contribution in [0.5, 0.6) is 0 Å². The Bertz CT molecular complexity index is 431. The Kier molecular flexibility index (Phi) is 2.90. The van der Waals surface area contributed by atoms with Gasteiger partial charge in [0.15, 0.2) is 0 Å². The van der Waals surface area contributed by atoms with Crippen LogP contribution in [-0.2, 0) is 15.1 Å². The van der Waals surface area contributed by atoms with Gasteiger partial charge in [-0.1, -0.05) is 24.3 Å². The van der Waals surface area contributed by atoms with Gasteiger partial charge in [-0.15, -0.1) is 0 Å². The van der Waals surface area contributed by atoms with Crippen LogP contribution in [0.3, 0.4) is 0 Å².